The molecule has 0 bridgehead atoms. The van der Waals surface area contributed by atoms with E-state index in [9.17, 15) is 0 Å². The van der Waals surface area contributed by atoms with Gasteiger partial charge in [0.25, 0.3) is 0 Å². The molecule has 1 fully saturated rings. The molecule has 2 aliphatic heterocycles. The Morgan fingerprint density at radius 3 is 3.00 bits per heavy atom. The van der Waals surface area contributed by atoms with Gasteiger partial charge in [-0.25, -0.2) is 0 Å². The van der Waals surface area contributed by atoms with Crippen LogP contribution < -0.4 is 0 Å². The Kier molecular flexibility index (Phi) is 4.41. The van der Waals surface area contributed by atoms with Crippen LogP contribution in [0.3, 0.4) is 0 Å². The maximum Gasteiger partial charge on any atom is 0.0594 e. The summed E-state index contributed by atoms with van der Waals surface area (Å²) < 4.78 is 7.64. The van der Waals surface area contributed by atoms with E-state index in [0.717, 1.165) is 58.9 Å². The van der Waals surface area contributed by atoms with Gasteiger partial charge in [0.15, 0.2) is 0 Å². The van der Waals surface area contributed by atoms with Gasteiger partial charge in [0, 0.05) is 63.3 Å². The number of morpholine rings is 1. The topological polar surface area (TPSA) is 62.2 Å². The highest BCUT2D eigenvalue weighted by Gasteiger charge is 2.26. The van der Waals surface area contributed by atoms with Crippen LogP contribution in [0.4, 0.5) is 0 Å². The second-order valence-electron chi connectivity index (χ2n) is 6.41. The predicted octanol–water partition coefficient (Wildman–Crippen LogP) is 0.713. The lowest BCUT2D eigenvalue weighted by molar-refractivity contribution is 0.0197. The first-order valence-corrected chi connectivity index (χ1v) is 8.41. The molecule has 4 rings (SSSR count). The third kappa shape index (κ3) is 3.46. The number of hydrogen-bond donors (Lipinski definition) is 1. The van der Waals surface area contributed by atoms with Crippen molar-refractivity contribution in [1.29, 1.82) is 0 Å². The highest BCUT2D eigenvalue weighted by molar-refractivity contribution is 5.07. The van der Waals surface area contributed by atoms with E-state index in [1.165, 1.54) is 11.3 Å². The monoisotopic (exact) mass is 316 g/mol. The van der Waals surface area contributed by atoms with Gasteiger partial charge < -0.3 is 4.74 Å². The normalized spacial score (nSPS) is 23.6. The first-order valence-electron chi connectivity index (χ1n) is 8.41. The summed E-state index contributed by atoms with van der Waals surface area (Å²) in [6, 6.07) is 2.67. The van der Waals surface area contributed by atoms with E-state index in [1.54, 1.807) is 0 Å². The van der Waals surface area contributed by atoms with Gasteiger partial charge in [0.05, 0.1) is 25.1 Å². The second-order valence-corrected chi connectivity index (χ2v) is 6.41. The Hall–Kier alpha value is -1.70. The SMILES string of the molecule is c1cc2n(n1)CC[C@H](CN1CCOCC1)N(Cc1cn[nH]c1)C2. The Morgan fingerprint density at radius 1 is 1.26 bits per heavy atom. The molecule has 7 nitrogen and oxygen atoms in total. The Bertz CT molecular complexity index is 604. The van der Waals surface area contributed by atoms with Crippen molar-refractivity contribution >= 4 is 0 Å². The highest BCUT2D eigenvalue weighted by atomic mass is 16.5. The fourth-order valence-corrected chi connectivity index (χ4v) is 3.56. The number of nitrogens with zero attached hydrogens (tertiary/aromatic N) is 5. The number of aryl methyl sites for hydroxylation is 1. The Balaban J connectivity index is 1.50. The van der Waals surface area contributed by atoms with Crippen molar-refractivity contribution in [2.24, 2.45) is 0 Å². The molecule has 0 saturated carbocycles. The zero-order chi connectivity index (χ0) is 15.5. The molecule has 1 saturated heterocycles. The summed E-state index contributed by atoms with van der Waals surface area (Å²) in [4.78, 5) is 5.10. The van der Waals surface area contributed by atoms with Crippen molar-refractivity contribution in [2.75, 3.05) is 32.8 Å². The number of fused-ring (bicyclic) bond motifs is 1. The minimum Gasteiger partial charge on any atom is -0.379 e. The molecule has 0 amide bonds. The van der Waals surface area contributed by atoms with Gasteiger partial charge in [0.1, 0.15) is 0 Å². The fraction of sp³-hybridized carbons (Fsp3) is 0.625. The quantitative estimate of drug-likeness (QED) is 0.900. The third-order valence-electron chi connectivity index (χ3n) is 4.87. The second kappa shape index (κ2) is 6.82. The van der Waals surface area contributed by atoms with Crippen LogP contribution in [-0.4, -0.2) is 68.7 Å². The summed E-state index contributed by atoms with van der Waals surface area (Å²) in [5.74, 6) is 0. The molecule has 0 unspecified atom stereocenters. The predicted molar refractivity (Wildman–Crippen MR) is 85.7 cm³/mol. The van der Waals surface area contributed by atoms with Crippen LogP contribution in [0.5, 0.6) is 0 Å². The van der Waals surface area contributed by atoms with Crippen LogP contribution in [-0.2, 0) is 24.4 Å². The van der Waals surface area contributed by atoms with E-state index in [1.807, 2.05) is 18.6 Å². The van der Waals surface area contributed by atoms with Crippen molar-refractivity contribution in [3.63, 3.8) is 0 Å². The van der Waals surface area contributed by atoms with Crippen LogP contribution in [0.1, 0.15) is 17.7 Å². The molecule has 2 aromatic heterocycles. The number of rotatable bonds is 4. The number of H-pyrrole nitrogens is 1. The zero-order valence-electron chi connectivity index (χ0n) is 13.4. The molecule has 2 aromatic rings. The van der Waals surface area contributed by atoms with E-state index in [0.29, 0.717) is 6.04 Å². The van der Waals surface area contributed by atoms with E-state index in [4.69, 9.17) is 4.74 Å². The summed E-state index contributed by atoms with van der Waals surface area (Å²) in [5, 5.41) is 11.5. The Morgan fingerprint density at radius 2 is 2.17 bits per heavy atom. The molecule has 0 spiro atoms. The molecule has 0 aromatic carbocycles. The van der Waals surface area contributed by atoms with Gasteiger partial charge in [-0.1, -0.05) is 0 Å². The average Bonchev–Trinajstić information content (AvgIpc) is 3.21. The van der Waals surface area contributed by atoms with Crippen LogP contribution in [0, 0.1) is 0 Å². The van der Waals surface area contributed by atoms with Gasteiger partial charge >= 0.3 is 0 Å². The van der Waals surface area contributed by atoms with Gasteiger partial charge in [-0.05, 0) is 12.5 Å². The highest BCUT2D eigenvalue weighted by Crippen LogP contribution is 2.20. The number of aromatic amines is 1. The zero-order valence-corrected chi connectivity index (χ0v) is 13.4. The lowest BCUT2D eigenvalue weighted by Crippen LogP contribution is -2.46. The van der Waals surface area contributed by atoms with Crippen molar-refractivity contribution in [2.45, 2.75) is 32.1 Å². The molecule has 0 aliphatic carbocycles. The summed E-state index contributed by atoms with van der Waals surface area (Å²) >= 11 is 0. The number of aromatic nitrogens is 4. The standard InChI is InChI=1S/C16H24N6O/c1-3-19-22-4-2-15(12-20-5-7-23-8-6-20)21(13-16(1)22)11-14-9-17-18-10-14/h1,3,9-10,15H,2,4-8,11-13H2,(H,17,18)/t15-/m1/s1. The van der Waals surface area contributed by atoms with Crippen molar-refractivity contribution in [3.05, 3.63) is 35.9 Å². The molecular formula is C16H24N6O. The van der Waals surface area contributed by atoms with Crippen molar-refractivity contribution in [3.8, 4) is 0 Å². The first kappa shape index (κ1) is 14.9. The molecule has 1 atom stereocenters. The minimum atomic E-state index is 0.532. The van der Waals surface area contributed by atoms with Gasteiger partial charge in [-0.2, -0.15) is 10.2 Å². The molecule has 1 N–H and O–H groups in total. The van der Waals surface area contributed by atoms with Gasteiger partial charge in [0.2, 0.25) is 0 Å². The van der Waals surface area contributed by atoms with Crippen LogP contribution in [0.2, 0.25) is 0 Å². The Labute approximate surface area is 136 Å². The average molecular weight is 316 g/mol. The molecule has 23 heavy (non-hydrogen) atoms. The van der Waals surface area contributed by atoms with Crippen LogP contribution in [0.25, 0.3) is 0 Å². The fourth-order valence-electron chi connectivity index (χ4n) is 3.56. The first-order chi connectivity index (χ1) is 11.4. The summed E-state index contributed by atoms with van der Waals surface area (Å²) in [7, 11) is 0. The molecule has 7 heteroatoms. The van der Waals surface area contributed by atoms with Gasteiger partial charge in [-0.3, -0.25) is 19.6 Å². The van der Waals surface area contributed by atoms with E-state index in [-0.39, 0.29) is 0 Å². The lowest BCUT2D eigenvalue weighted by atomic mass is 10.1. The minimum absolute atomic E-state index is 0.532. The molecule has 124 valence electrons. The number of ether oxygens (including phenoxy) is 1. The third-order valence-corrected chi connectivity index (χ3v) is 4.87. The summed E-state index contributed by atoms with van der Waals surface area (Å²) in [6.45, 7) is 7.77. The molecule has 4 heterocycles. The smallest absolute Gasteiger partial charge is 0.0594 e. The number of nitrogens with one attached hydrogen (secondary N) is 1. The lowest BCUT2D eigenvalue weighted by Gasteiger charge is -2.35. The molecule has 0 radical (unpaired) electrons. The van der Waals surface area contributed by atoms with Gasteiger partial charge in [-0.15, -0.1) is 0 Å². The van der Waals surface area contributed by atoms with E-state index >= 15 is 0 Å². The van der Waals surface area contributed by atoms with E-state index < -0.39 is 0 Å². The maximum absolute atomic E-state index is 5.48. The molecular weight excluding hydrogens is 292 g/mol. The van der Waals surface area contributed by atoms with Crippen molar-refractivity contribution in [1.82, 2.24) is 29.8 Å². The summed E-state index contributed by atoms with van der Waals surface area (Å²) in [6.07, 6.45) is 6.96. The number of hydrogen-bond acceptors (Lipinski definition) is 5. The van der Waals surface area contributed by atoms with E-state index in [2.05, 4.69) is 35.8 Å². The van der Waals surface area contributed by atoms with Crippen LogP contribution >= 0.6 is 0 Å². The maximum atomic E-state index is 5.48. The largest absolute Gasteiger partial charge is 0.379 e. The molecule has 2 aliphatic rings. The summed E-state index contributed by atoms with van der Waals surface area (Å²) in [5.41, 5.74) is 2.54. The van der Waals surface area contributed by atoms with Crippen molar-refractivity contribution < 1.29 is 4.74 Å². The van der Waals surface area contributed by atoms with Crippen LogP contribution in [0.15, 0.2) is 24.7 Å².